The maximum Gasteiger partial charge on any atom is 0.322 e. The molecular weight excluding hydrogens is 332 g/mol. The molecule has 2 heterocycles. The maximum atomic E-state index is 12.9. The normalized spacial score (nSPS) is 29.3. The molecule has 1 aromatic rings. The van der Waals surface area contributed by atoms with Gasteiger partial charge in [0.25, 0.3) is 0 Å². The van der Waals surface area contributed by atoms with Crippen LogP contribution in [0.5, 0.6) is 0 Å². The molecule has 1 aromatic heterocycles. The van der Waals surface area contributed by atoms with Crippen LogP contribution in [0.15, 0.2) is 4.52 Å². The van der Waals surface area contributed by atoms with Crippen molar-refractivity contribution in [1.29, 1.82) is 0 Å². The summed E-state index contributed by atoms with van der Waals surface area (Å²) in [5.41, 5.74) is 1.54. The second-order valence-electron chi connectivity index (χ2n) is 8.03. The van der Waals surface area contributed by atoms with Gasteiger partial charge >= 0.3 is 6.03 Å². The third-order valence-electron chi connectivity index (χ3n) is 6.31. The van der Waals surface area contributed by atoms with Crippen molar-refractivity contribution >= 4 is 11.7 Å². The number of amides is 2. The standard InChI is InChI=1S/C19H30N4O3/c1-12-17(18(26-21-12)13-7-8-13)20-19(24)22(2)15-5-4-6-16(15)23-10-9-14(11-23)25-3/h13-16H,4-11H2,1-3H3,(H,20,24)/t14?,15-,16+/m0/s1. The average Bonchev–Trinajstić information content (AvgIpc) is 3.05. The molecule has 2 aliphatic carbocycles. The molecule has 3 aliphatic rings. The quantitative estimate of drug-likeness (QED) is 0.872. The predicted octanol–water partition coefficient (Wildman–Crippen LogP) is 2.97. The summed E-state index contributed by atoms with van der Waals surface area (Å²) in [6.07, 6.45) is 7.03. The van der Waals surface area contributed by atoms with E-state index in [0.717, 1.165) is 62.3 Å². The number of likely N-dealkylation sites (N-methyl/N-ethyl adjacent to an activating group) is 1. The molecule has 1 saturated heterocycles. The average molecular weight is 362 g/mol. The second-order valence-corrected chi connectivity index (χ2v) is 8.03. The van der Waals surface area contributed by atoms with Gasteiger partial charge in [-0.15, -0.1) is 0 Å². The smallest absolute Gasteiger partial charge is 0.322 e. The Bertz CT molecular complexity index is 657. The first-order chi connectivity index (χ1) is 12.6. The summed E-state index contributed by atoms with van der Waals surface area (Å²) in [6.45, 7) is 3.92. The lowest BCUT2D eigenvalue weighted by atomic mass is 10.1. The number of urea groups is 1. The van der Waals surface area contributed by atoms with Gasteiger partial charge in [-0.1, -0.05) is 5.16 Å². The Labute approximate surface area is 155 Å². The van der Waals surface area contributed by atoms with Gasteiger partial charge in [0, 0.05) is 45.2 Å². The summed E-state index contributed by atoms with van der Waals surface area (Å²) in [7, 11) is 3.71. The van der Waals surface area contributed by atoms with Crippen molar-refractivity contribution < 1.29 is 14.1 Å². The van der Waals surface area contributed by atoms with Crippen molar-refractivity contribution in [2.45, 2.75) is 69.6 Å². The first-order valence-electron chi connectivity index (χ1n) is 9.85. The molecule has 2 saturated carbocycles. The summed E-state index contributed by atoms with van der Waals surface area (Å²) < 4.78 is 11.0. The molecule has 1 aliphatic heterocycles. The highest BCUT2D eigenvalue weighted by Crippen LogP contribution is 2.44. The van der Waals surface area contributed by atoms with Crippen LogP contribution >= 0.6 is 0 Å². The van der Waals surface area contributed by atoms with Gasteiger partial charge in [-0.05, 0) is 45.4 Å². The zero-order chi connectivity index (χ0) is 18.3. The number of ether oxygens (including phenoxy) is 1. The fourth-order valence-electron chi connectivity index (χ4n) is 4.56. The van der Waals surface area contributed by atoms with E-state index in [9.17, 15) is 4.79 Å². The zero-order valence-electron chi connectivity index (χ0n) is 16.0. The largest absolute Gasteiger partial charge is 0.380 e. The minimum Gasteiger partial charge on any atom is -0.380 e. The lowest BCUT2D eigenvalue weighted by Gasteiger charge is -2.35. The summed E-state index contributed by atoms with van der Waals surface area (Å²) in [4.78, 5) is 17.3. The summed E-state index contributed by atoms with van der Waals surface area (Å²) in [5, 5.41) is 7.13. The number of nitrogens with zero attached hydrogens (tertiary/aromatic N) is 3. The van der Waals surface area contributed by atoms with E-state index in [4.69, 9.17) is 9.26 Å². The van der Waals surface area contributed by atoms with Crippen LogP contribution in [0.4, 0.5) is 10.5 Å². The van der Waals surface area contributed by atoms with Crippen LogP contribution in [0, 0.1) is 6.92 Å². The predicted molar refractivity (Wildman–Crippen MR) is 98.4 cm³/mol. The number of methoxy groups -OCH3 is 1. The van der Waals surface area contributed by atoms with Gasteiger partial charge in [0.15, 0.2) is 5.76 Å². The van der Waals surface area contributed by atoms with Crippen LogP contribution in [-0.2, 0) is 4.74 Å². The van der Waals surface area contributed by atoms with Crippen molar-refractivity contribution in [2.24, 2.45) is 0 Å². The molecular formula is C19H30N4O3. The van der Waals surface area contributed by atoms with Gasteiger partial charge in [0.1, 0.15) is 11.4 Å². The molecule has 1 unspecified atom stereocenters. The van der Waals surface area contributed by atoms with Crippen LogP contribution in [0.3, 0.4) is 0 Å². The lowest BCUT2D eigenvalue weighted by molar-refractivity contribution is 0.0907. The van der Waals surface area contributed by atoms with Crippen LogP contribution in [0.25, 0.3) is 0 Å². The van der Waals surface area contributed by atoms with E-state index in [1.807, 2.05) is 18.9 Å². The fourth-order valence-corrected chi connectivity index (χ4v) is 4.56. The number of hydrogen-bond donors (Lipinski definition) is 1. The van der Waals surface area contributed by atoms with E-state index >= 15 is 0 Å². The third-order valence-corrected chi connectivity index (χ3v) is 6.31. The number of carbonyl (C=O) groups excluding carboxylic acids is 1. The minimum atomic E-state index is -0.0578. The Morgan fingerprint density at radius 1 is 1.31 bits per heavy atom. The van der Waals surface area contributed by atoms with Crippen molar-refractivity contribution in [3.63, 3.8) is 0 Å². The molecule has 1 N–H and O–H groups in total. The molecule has 3 fully saturated rings. The van der Waals surface area contributed by atoms with E-state index in [0.29, 0.717) is 18.1 Å². The molecule has 0 aromatic carbocycles. The second kappa shape index (κ2) is 7.19. The van der Waals surface area contributed by atoms with Gasteiger partial charge < -0.3 is 19.5 Å². The Hall–Kier alpha value is -1.60. The van der Waals surface area contributed by atoms with E-state index in [1.165, 1.54) is 6.42 Å². The SMILES string of the molecule is COC1CCN([C@@H]2CCC[C@@H]2N(C)C(=O)Nc2c(C)noc2C2CC2)C1. The van der Waals surface area contributed by atoms with Crippen molar-refractivity contribution in [1.82, 2.24) is 15.0 Å². The van der Waals surface area contributed by atoms with E-state index < -0.39 is 0 Å². The Balaban J connectivity index is 1.42. The zero-order valence-corrected chi connectivity index (χ0v) is 16.0. The monoisotopic (exact) mass is 362 g/mol. The molecule has 2 amide bonds. The minimum absolute atomic E-state index is 0.0578. The van der Waals surface area contributed by atoms with E-state index in [2.05, 4.69) is 15.4 Å². The number of nitrogens with one attached hydrogen (secondary N) is 1. The number of aryl methyl sites for hydroxylation is 1. The molecule has 0 bridgehead atoms. The molecule has 7 heteroatoms. The molecule has 4 rings (SSSR count). The first-order valence-corrected chi connectivity index (χ1v) is 9.85. The van der Waals surface area contributed by atoms with Gasteiger partial charge in [-0.2, -0.15) is 0 Å². The lowest BCUT2D eigenvalue weighted by Crippen LogP contribution is -2.50. The molecule has 0 radical (unpaired) electrons. The summed E-state index contributed by atoms with van der Waals surface area (Å²) in [5.74, 6) is 1.27. The molecule has 7 nitrogen and oxygen atoms in total. The van der Waals surface area contributed by atoms with Gasteiger partial charge in [-0.25, -0.2) is 4.79 Å². The van der Waals surface area contributed by atoms with Gasteiger partial charge in [0.2, 0.25) is 0 Å². The van der Waals surface area contributed by atoms with Crippen molar-refractivity contribution in [3.05, 3.63) is 11.5 Å². The Morgan fingerprint density at radius 3 is 2.81 bits per heavy atom. The molecule has 144 valence electrons. The Morgan fingerprint density at radius 2 is 2.12 bits per heavy atom. The van der Waals surface area contributed by atoms with Gasteiger partial charge in [0.05, 0.1) is 6.10 Å². The number of anilines is 1. The summed E-state index contributed by atoms with van der Waals surface area (Å²) >= 11 is 0. The first kappa shape index (κ1) is 17.8. The number of carbonyl (C=O) groups is 1. The van der Waals surface area contributed by atoms with Gasteiger partial charge in [-0.3, -0.25) is 4.90 Å². The number of likely N-dealkylation sites (tertiary alicyclic amines) is 1. The fraction of sp³-hybridized carbons (Fsp3) is 0.789. The third kappa shape index (κ3) is 3.34. The van der Waals surface area contributed by atoms with Crippen LogP contribution in [0.2, 0.25) is 0 Å². The number of rotatable bonds is 5. The highest BCUT2D eigenvalue weighted by molar-refractivity contribution is 5.90. The summed E-state index contributed by atoms with van der Waals surface area (Å²) in [6, 6.07) is 0.616. The number of hydrogen-bond acceptors (Lipinski definition) is 5. The van der Waals surface area contributed by atoms with E-state index in [-0.39, 0.29) is 12.1 Å². The van der Waals surface area contributed by atoms with E-state index in [1.54, 1.807) is 7.11 Å². The van der Waals surface area contributed by atoms with Crippen LogP contribution in [0.1, 0.15) is 55.9 Å². The van der Waals surface area contributed by atoms with Crippen molar-refractivity contribution in [3.8, 4) is 0 Å². The maximum absolute atomic E-state index is 12.9. The Kier molecular flexibility index (Phi) is 4.92. The van der Waals surface area contributed by atoms with Crippen LogP contribution in [-0.4, -0.2) is 66.4 Å². The molecule has 0 spiro atoms. The highest BCUT2D eigenvalue weighted by atomic mass is 16.5. The highest BCUT2D eigenvalue weighted by Gasteiger charge is 2.40. The van der Waals surface area contributed by atoms with Crippen molar-refractivity contribution in [2.75, 3.05) is 32.6 Å². The van der Waals surface area contributed by atoms with Crippen LogP contribution < -0.4 is 5.32 Å². The topological polar surface area (TPSA) is 70.8 Å². The molecule has 3 atom stereocenters. The molecule has 26 heavy (non-hydrogen) atoms. The number of aromatic nitrogens is 1.